The monoisotopic (exact) mass is 789 g/mol. The van der Waals surface area contributed by atoms with Gasteiger partial charge in [-0.05, 0) is 38.5 Å². The Balaban J connectivity index is 4.33. The van der Waals surface area contributed by atoms with Crippen molar-refractivity contribution in [2.45, 2.75) is 297 Å². The minimum atomic E-state index is 0.214. The average molecular weight is 789 g/mol. The third kappa shape index (κ3) is 39.8. The second-order valence-corrected chi connectivity index (χ2v) is 18.2. The van der Waals surface area contributed by atoms with E-state index in [-0.39, 0.29) is 11.8 Å². The minimum absolute atomic E-state index is 0.214. The fourth-order valence-electron chi connectivity index (χ4n) is 8.58. The zero-order valence-electron chi connectivity index (χ0n) is 39.1. The highest BCUT2D eigenvalue weighted by Crippen LogP contribution is 2.22. The number of carbonyl (C=O) groups is 2. The summed E-state index contributed by atoms with van der Waals surface area (Å²) in [6.07, 6.45) is 53.9. The Morgan fingerprint density at radius 1 is 0.268 bits per heavy atom. The predicted octanol–water partition coefficient (Wildman–Crippen LogP) is 16.9. The third-order valence-corrected chi connectivity index (χ3v) is 12.6. The molecule has 0 bridgehead atoms. The zero-order chi connectivity index (χ0) is 40.8. The summed E-state index contributed by atoms with van der Waals surface area (Å²) < 4.78 is 0. The SMILES string of the molecule is CCCCCCCCCCC(CCCCCCCCCC)C(=O)NCCCCCCCCNC(=O)C(CCCCCCCCCC)CCCCCCCCCC. The predicted molar refractivity (Wildman–Crippen MR) is 250 cm³/mol. The molecule has 0 aromatic carbocycles. The summed E-state index contributed by atoms with van der Waals surface area (Å²) in [7, 11) is 0. The van der Waals surface area contributed by atoms with Crippen LogP contribution in [0.3, 0.4) is 0 Å². The highest BCUT2D eigenvalue weighted by atomic mass is 16.2. The molecule has 0 spiro atoms. The molecule has 334 valence electrons. The number of hydrogen-bond acceptors (Lipinski definition) is 2. The molecular weight excluding hydrogens is 685 g/mol. The van der Waals surface area contributed by atoms with E-state index in [2.05, 4.69) is 38.3 Å². The van der Waals surface area contributed by atoms with Crippen molar-refractivity contribution in [2.24, 2.45) is 11.8 Å². The van der Waals surface area contributed by atoms with Crippen molar-refractivity contribution < 1.29 is 9.59 Å². The van der Waals surface area contributed by atoms with E-state index in [1.165, 1.54) is 231 Å². The van der Waals surface area contributed by atoms with Gasteiger partial charge in [-0.3, -0.25) is 9.59 Å². The highest BCUT2D eigenvalue weighted by Gasteiger charge is 2.18. The Bertz CT molecular complexity index is 681. The van der Waals surface area contributed by atoms with Gasteiger partial charge in [0, 0.05) is 24.9 Å². The van der Waals surface area contributed by atoms with Gasteiger partial charge in [0.05, 0.1) is 0 Å². The highest BCUT2D eigenvalue weighted by molar-refractivity contribution is 5.78. The van der Waals surface area contributed by atoms with Crippen molar-refractivity contribution in [1.82, 2.24) is 10.6 Å². The Labute approximate surface area is 353 Å². The lowest BCUT2D eigenvalue weighted by atomic mass is 9.93. The molecule has 0 rings (SSSR count). The Morgan fingerprint density at radius 3 is 0.661 bits per heavy atom. The molecule has 0 radical (unpaired) electrons. The second-order valence-electron chi connectivity index (χ2n) is 18.2. The van der Waals surface area contributed by atoms with Gasteiger partial charge in [-0.1, -0.05) is 259 Å². The van der Waals surface area contributed by atoms with E-state index in [1.807, 2.05) is 0 Å². The summed E-state index contributed by atoms with van der Waals surface area (Å²) in [4.78, 5) is 26.5. The number of carbonyl (C=O) groups excluding carboxylic acids is 2. The van der Waals surface area contributed by atoms with E-state index >= 15 is 0 Å². The molecule has 4 nitrogen and oxygen atoms in total. The van der Waals surface area contributed by atoms with Crippen molar-refractivity contribution in [1.29, 1.82) is 0 Å². The molecule has 0 aliphatic heterocycles. The van der Waals surface area contributed by atoms with E-state index in [9.17, 15) is 9.59 Å². The molecule has 0 atom stereocenters. The van der Waals surface area contributed by atoms with Crippen molar-refractivity contribution >= 4 is 11.8 Å². The van der Waals surface area contributed by atoms with Gasteiger partial charge in [0.15, 0.2) is 0 Å². The molecule has 0 aliphatic rings. The first-order valence-corrected chi connectivity index (χ1v) is 26.2. The molecule has 0 saturated heterocycles. The fourth-order valence-corrected chi connectivity index (χ4v) is 8.58. The first-order valence-electron chi connectivity index (χ1n) is 26.2. The zero-order valence-corrected chi connectivity index (χ0v) is 39.1. The summed E-state index contributed by atoms with van der Waals surface area (Å²) in [6, 6.07) is 0. The average Bonchev–Trinajstić information content (AvgIpc) is 3.20. The smallest absolute Gasteiger partial charge is 0.223 e. The van der Waals surface area contributed by atoms with Crippen molar-refractivity contribution in [2.75, 3.05) is 13.1 Å². The molecular formula is C52H104N2O2. The van der Waals surface area contributed by atoms with E-state index in [4.69, 9.17) is 0 Å². The quantitative estimate of drug-likeness (QED) is 0.0604. The topological polar surface area (TPSA) is 58.2 Å². The standard InChI is InChI=1S/C52H104N2O2/c1-5-9-13-17-21-25-31-37-43-49(44-38-32-26-22-18-14-10-6-2)51(55)53-47-41-35-29-30-36-42-48-54-52(56)50(45-39-33-27-23-19-15-11-7-3)46-40-34-28-24-20-16-12-8-4/h49-50H,5-48H2,1-4H3,(H,53,55)(H,54,56). The van der Waals surface area contributed by atoms with E-state index in [0.717, 1.165) is 51.6 Å². The van der Waals surface area contributed by atoms with Crippen LogP contribution in [0, 0.1) is 11.8 Å². The lowest BCUT2D eigenvalue weighted by Gasteiger charge is -2.17. The number of rotatable bonds is 47. The minimum Gasteiger partial charge on any atom is -0.356 e. The van der Waals surface area contributed by atoms with Crippen LogP contribution in [0.15, 0.2) is 0 Å². The molecule has 0 aliphatic carbocycles. The summed E-state index contributed by atoms with van der Waals surface area (Å²) in [5.74, 6) is 1.08. The van der Waals surface area contributed by atoms with Crippen LogP contribution in [0.1, 0.15) is 297 Å². The van der Waals surface area contributed by atoms with Crippen LogP contribution in [-0.2, 0) is 9.59 Å². The van der Waals surface area contributed by atoms with Gasteiger partial charge < -0.3 is 10.6 Å². The largest absolute Gasteiger partial charge is 0.356 e. The van der Waals surface area contributed by atoms with Gasteiger partial charge >= 0.3 is 0 Å². The van der Waals surface area contributed by atoms with Gasteiger partial charge in [0.1, 0.15) is 0 Å². The summed E-state index contributed by atoms with van der Waals surface area (Å²) in [6.45, 7) is 10.8. The summed E-state index contributed by atoms with van der Waals surface area (Å²) in [5, 5.41) is 6.69. The van der Waals surface area contributed by atoms with Gasteiger partial charge in [-0.2, -0.15) is 0 Å². The fraction of sp³-hybridized carbons (Fsp3) is 0.962. The molecule has 0 heterocycles. The second kappa shape index (κ2) is 46.6. The lowest BCUT2D eigenvalue weighted by molar-refractivity contribution is -0.126. The van der Waals surface area contributed by atoms with Gasteiger partial charge in [-0.15, -0.1) is 0 Å². The number of hydrogen-bond donors (Lipinski definition) is 2. The molecule has 56 heavy (non-hydrogen) atoms. The van der Waals surface area contributed by atoms with E-state index < -0.39 is 0 Å². The molecule has 2 N–H and O–H groups in total. The maximum Gasteiger partial charge on any atom is 0.223 e. The molecule has 2 amide bonds. The van der Waals surface area contributed by atoms with Crippen LogP contribution < -0.4 is 10.6 Å². The van der Waals surface area contributed by atoms with Crippen molar-refractivity contribution in [3.63, 3.8) is 0 Å². The molecule has 0 aromatic heterocycles. The molecule has 0 unspecified atom stereocenters. The van der Waals surface area contributed by atoms with Crippen molar-refractivity contribution in [3.8, 4) is 0 Å². The van der Waals surface area contributed by atoms with Crippen LogP contribution in [-0.4, -0.2) is 24.9 Å². The first-order chi connectivity index (χ1) is 27.6. The van der Waals surface area contributed by atoms with Crippen LogP contribution in [0.2, 0.25) is 0 Å². The van der Waals surface area contributed by atoms with Crippen molar-refractivity contribution in [3.05, 3.63) is 0 Å². The van der Waals surface area contributed by atoms with Crippen LogP contribution >= 0.6 is 0 Å². The van der Waals surface area contributed by atoms with E-state index in [0.29, 0.717) is 11.8 Å². The molecule has 0 aromatic rings. The van der Waals surface area contributed by atoms with Crippen LogP contribution in [0.5, 0.6) is 0 Å². The van der Waals surface area contributed by atoms with Crippen LogP contribution in [0.25, 0.3) is 0 Å². The number of unbranched alkanes of at least 4 members (excludes halogenated alkanes) is 33. The van der Waals surface area contributed by atoms with Gasteiger partial charge in [-0.25, -0.2) is 0 Å². The van der Waals surface area contributed by atoms with E-state index in [1.54, 1.807) is 0 Å². The lowest BCUT2D eigenvalue weighted by Crippen LogP contribution is -2.31. The molecule has 0 fully saturated rings. The maximum absolute atomic E-state index is 13.2. The Morgan fingerprint density at radius 2 is 0.446 bits per heavy atom. The first kappa shape index (κ1) is 54.9. The van der Waals surface area contributed by atoms with Crippen LogP contribution in [0.4, 0.5) is 0 Å². The van der Waals surface area contributed by atoms with Gasteiger partial charge in [0.2, 0.25) is 11.8 Å². The Hall–Kier alpha value is -1.06. The Kier molecular flexibility index (Phi) is 45.7. The summed E-state index contributed by atoms with van der Waals surface area (Å²) in [5.41, 5.74) is 0. The number of nitrogens with one attached hydrogen (secondary N) is 2. The maximum atomic E-state index is 13.2. The third-order valence-electron chi connectivity index (χ3n) is 12.6. The van der Waals surface area contributed by atoms with Gasteiger partial charge in [0.25, 0.3) is 0 Å². The molecule has 4 heteroatoms. The summed E-state index contributed by atoms with van der Waals surface area (Å²) >= 11 is 0. The number of amides is 2. The normalized spacial score (nSPS) is 11.6. The molecule has 0 saturated carbocycles.